The minimum Gasteiger partial charge on any atom is -0.497 e. The van der Waals surface area contributed by atoms with Crippen LogP contribution in [0.1, 0.15) is 34.8 Å². The molecule has 0 fully saturated rings. The Hall–Kier alpha value is -4.39. The van der Waals surface area contributed by atoms with E-state index in [9.17, 15) is 9.59 Å². The summed E-state index contributed by atoms with van der Waals surface area (Å²) in [4.78, 5) is 32.4. The van der Waals surface area contributed by atoms with Gasteiger partial charge in [0.05, 0.1) is 41.2 Å². The number of amides is 1. The first kappa shape index (κ1) is 21.2. The molecule has 2 aromatic carbocycles. The van der Waals surface area contributed by atoms with E-state index in [2.05, 4.69) is 22.5 Å². The zero-order valence-corrected chi connectivity index (χ0v) is 19.8. The van der Waals surface area contributed by atoms with Gasteiger partial charge in [0, 0.05) is 17.3 Å². The molecule has 4 aromatic rings. The van der Waals surface area contributed by atoms with Crippen LogP contribution in [0.4, 0.5) is 0 Å². The number of aromatic nitrogens is 3. The highest BCUT2D eigenvalue weighted by Gasteiger charge is 2.33. The lowest BCUT2D eigenvalue weighted by molar-refractivity contribution is -0.114. The summed E-state index contributed by atoms with van der Waals surface area (Å²) in [5, 5.41) is 1.83. The Morgan fingerprint density at radius 1 is 1.00 bits per heavy atom. The number of allylic oxidation sites excluding steroid dienone is 1. The van der Waals surface area contributed by atoms with Crippen molar-refractivity contribution < 1.29 is 9.53 Å². The van der Waals surface area contributed by atoms with Crippen LogP contribution in [0.15, 0.2) is 71.7 Å². The zero-order chi connectivity index (χ0) is 24.3. The monoisotopic (exact) mass is 464 g/mol. The molecular formula is C28H24N4O3. The summed E-state index contributed by atoms with van der Waals surface area (Å²) in [7, 11) is 1.57. The Morgan fingerprint density at radius 3 is 2.57 bits per heavy atom. The molecule has 2 aliphatic rings. The van der Waals surface area contributed by atoms with Gasteiger partial charge in [0.15, 0.2) is 0 Å². The number of nitrogens with zero attached hydrogens (tertiary/aromatic N) is 4. The molecule has 7 nitrogen and oxygen atoms in total. The van der Waals surface area contributed by atoms with Crippen LogP contribution < -0.4 is 15.3 Å². The van der Waals surface area contributed by atoms with Gasteiger partial charge in [0.1, 0.15) is 11.6 Å². The van der Waals surface area contributed by atoms with Crippen molar-refractivity contribution in [2.45, 2.75) is 26.7 Å². The smallest absolute Gasteiger partial charge is 0.280 e. The molecule has 0 N–H and O–H groups in total. The number of methoxy groups -OCH3 is 1. The predicted molar refractivity (Wildman–Crippen MR) is 136 cm³/mol. The van der Waals surface area contributed by atoms with Gasteiger partial charge in [-0.15, -0.1) is 0 Å². The van der Waals surface area contributed by atoms with Crippen molar-refractivity contribution in [3.8, 4) is 5.75 Å². The van der Waals surface area contributed by atoms with E-state index in [-0.39, 0.29) is 11.5 Å². The first-order valence-corrected chi connectivity index (χ1v) is 11.6. The summed E-state index contributed by atoms with van der Waals surface area (Å²) in [6, 6.07) is 17.2. The second-order valence-corrected chi connectivity index (χ2v) is 8.84. The van der Waals surface area contributed by atoms with E-state index in [0.717, 1.165) is 41.1 Å². The number of rotatable bonds is 3. The minimum atomic E-state index is -0.313. The molecule has 0 bridgehead atoms. The van der Waals surface area contributed by atoms with Crippen LogP contribution in [0.5, 0.6) is 5.75 Å². The van der Waals surface area contributed by atoms with Crippen molar-refractivity contribution in [3.05, 3.63) is 106 Å². The van der Waals surface area contributed by atoms with Gasteiger partial charge >= 0.3 is 0 Å². The summed E-state index contributed by atoms with van der Waals surface area (Å²) in [5.74, 6) is 0.775. The van der Waals surface area contributed by atoms with Crippen LogP contribution in [0.2, 0.25) is 0 Å². The number of fused-ring (bicyclic) bond motifs is 1. The molecule has 0 unspecified atom stereocenters. The molecule has 3 heterocycles. The average molecular weight is 465 g/mol. The number of hydrogen-bond acceptors (Lipinski definition) is 4. The van der Waals surface area contributed by atoms with Crippen molar-refractivity contribution in [3.63, 3.8) is 0 Å². The molecule has 0 saturated heterocycles. The molecule has 1 aliphatic carbocycles. The van der Waals surface area contributed by atoms with E-state index in [1.54, 1.807) is 38.4 Å². The molecular weight excluding hydrogens is 440 g/mol. The van der Waals surface area contributed by atoms with Crippen LogP contribution in [-0.2, 0) is 11.2 Å². The number of aryl methyl sites for hydroxylation is 3. The first-order chi connectivity index (χ1) is 17.0. The predicted octanol–water partition coefficient (Wildman–Crippen LogP) is 4.18. The lowest BCUT2D eigenvalue weighted by Gasteiger charge is -2.23. The Balaban J connectivity index is 1.66. The number of carbonyl (C=O) groups excluding carboxylic acids is 1. The molecule has 0 atom stereocenters. The zero-order valence-electron chi connectivity index (χ0n) is 19.8. The second-order valence-electron chi connectivity index (χ2n) is 8.84. The fraction of sp³-hybridized carbons (Fsp3) is 0.179. The molecule has 1 aliphatic heterocycles. The van der Waals surface area contributed by atoms with Crippen molar-refractivity contribution in [1.82, 2.24) is 14.2 Å². The third-order valence-corrected chi connectivity index (χ3v) is 6.71. The Labute approximate surface area is 202 Å². The van der Waals surface area contributed by atoms with Crippen molar-refractivity contribution in [2.24, 2.45) is 0 Å². The van der Waals surface area contributed by atoms with Crippen LogP contribution in [0, 0.1) is 13.8 Å². The first-order valence-electron chi connectivity index (χ1n) is 11.6. The number of ether oxygens (including phenoxy) is 1. The third-order valence-electron chi connectivity index (χ3n) is 6.71. The van der Waals surface area contributed by atoms with E-state index in [0.29, 0.717) is 28.0 Å². The standard InChI is InChI=1S/C28H24N4O3/c1-17-14-20-10-7-11-23-26(20)31(17)25(19-8-5-4-6-9-19)16-30(27(23)33)32-18(2)29-24-15-21(35-3)12-13-22(24)28(32)34/h4-6,8-9,11-16H,7,10H2,1-3H3. The summed E-state index contributed by atoms with van der Waals surface area (Å²) in [6.07, 6.45) is 5.39. The summed E-state index contributed by atoms with van der Waals surface area (Å²) in [5.41, 5.74) is 5.67. The summed E-state index contributed by atoms with van der Waals surface area (Å²) in [6.45, 7) is 3.79. The van der Waals surface area contributed by atoms with Gasteiger partial charge in [-0.3, -0.25) is 9.59 Å². The SMILES string of the molecule is COc1ccc2c(=O)n(N3C=C(c4ccccc4)n4c(C)cc5c4C(=CCC5)C3=O)c(C)nc2c1. The van der Waals surface area contributed by atoms with E-state index < -0.39 is 0 Å². The van der Waals surface area contributed by atoms with Gasteiger partial charge in [-0.05, 0) is 50.5 Å². The quantitative estimate of drug-likeness (QED) is 0.456. The molecule has 2 aromatic heterocycles. The van der Waals surface area contributed by atoms with E-state index >= 15 is 0 Å². The average Bonchev–Trinajstić information content (AvgIpc) is 3.14. The Morgan fingerprint density at radius 2 is 1.80 bits per heavy atom. The van der Waals surface area contributed by atoms with E-state index in [1.807, 2.05) is 36.4 Å². The fourth-order valence-electron chi connectivity index (χ4n) is 5.12. The molecule has 6 rings (SSSR count). The summed E-state index contributed by atoms with van der Waals surface area (Å²) < 4.78 is 8.80. The van der Waals surface area contributed by atoms with Gasteiger partial charge in [-0.1, -0.05) is 36.4 Å². The number of carbonyl (C=O) groups is 1. The fourth-order valence-corrected chi connectivity index (χ4v) is 5.12. The Bertz CT molecular complexity index is 1640. The van der Waals surface area contributed by atoms with Gasteiger partial charge in [-0.25, -0.2) is 9.99 Å². The maximum absolute atomic E-state index is 14.0. The molecule has 0 radical (unpaired) electrons. The minimum absolute atomic E-state index is 0.254. The lowest BCUT2D eigenvalue weighted by atomic mass is 9.96. The maximum atomic E-state index is 14.0. The molecule has 35 heavy (non-hydrogen) atoms. The third kappa shape index (κ3) is 3.15. The van der Waals surface area contributed by atoms with Gasteiger partial charge in [0.2, 0.25) is 0 Å². The van der Waals surface area contributed by atoms with Crippen molar-refractivity contribution in [1.29, 1.82) is 0 Å². The van der Waals surface area contributed by atoms with Crippen molar-refractivity contribution >= 4 is 28.1 Å². The number of benzene rings is 2. The van der Waals surface area contributed by atoms with Crippen molar-refractivity contribution in [2.75, 3.05) is 12.1 Å². The highest BCUT2D eigenvalue weighted by molar-refractivity contribution is 6.26. The van der Waals surface area contributed by atoms with Gasteiger partial charge in [-0.2, -0.15) is 4.68 Å². The molecule has 7 heteroatoms. The number of hydrogen-bond donors (Lipinski definition) is 0. The topological polar surface area (TPSA) is 69.4 Å². The molecule has 0 spiro atoms. The van der Waals surface area contributed by atoms with Crippen LogP contribution >= 0.6 is 0 Å². The molecule has 0 saturated carbocycles. The second kappa shape index (κ2) is 7.84. The summed E-state index contributed by atoms with van der Waals surface area (Å²) >= 11 is 0. The maximum Gasteiger partial charge on any atom is 0.280 e. The normalized spacial score (nSPS) is 14.9. The van der Waals surface area contributed by atoms with Gasteiger partial charge < -0.3 is 9.30 Å². The van der Waals surface area contributed by atoms with Crippen LogP contribution in [0.3, 0.4) is 0 Å². The lowest BCUT2D eigenvalue weighted by Crippen LogP contribution is -2.44. The van der Waals surface area contributed by atoms with E-state index in [4.69, 9.17) is 4.74 Å². The van der Waals surface area contributed by atoms with Crippen LogP contribution in [0.25, 0.3) is 22.2 Å². The van der Waals surface area contributed by atoms with Gasteiger partial charge in [0.25, 0.3) is 11.5 Å². The van der Waals surface area contributed by atoms with E-state index in [1.165, 1.54) is 9.69 Å². The highest BCUT2D eigenvalue weighted by atomic mass is 16.5. The molecule has 1 amide bonds. The highest BCUT2D eigenvalue weighted by Crippen LogP contribution is 2.37. The molecule has 174 valence electrons. The van der Waals surface area contributed by atoms with Crippen LogP contribution in [-0.4, -0.2) is 27.2 Å². The Kier molecular flexibility index (Phi) is 4.74. The largest absolute Gasteiger partial charge is 0.497 e.